The molecule has 2 aromatic rings. The Morgan fingerprint density at radius 1 is 1.05 bits per heavy atom. The van der Waals surface area contributed by atoms with Crippen molar-refractivity contribution in [3.8, 4) is 0 Å². The first-order valence-electron chi connectivity index (χ1n) is 9.12. The monoisotopic (exact) mass is 284 g/mol. The fraction of sp³-hybridized carbons (Fsp3) is 0.368. The van der Waals surface area contributed by atoms with Gasteiger partial charge in [-0.1, -0.05) is 43.3 Å². The Hall–Kier alpha value is -1.80. The molecule has 0 spiro atoms. The van der Waals surface area contributed by atoms with Crippen molar-refractivity contribution < 1.29 is 4.11 Å². The SMILES string of the molecule is [2H][13C]([2H])([2H])NCC(C)CN1c2ccccc2CCc2ccccc21. The van der Waals surface area contributed by atoms with Crippen LogP contribution in [0.3, 0.4) is 0 Å². The normalized spacial score (nSPS) is 17.8. The van der Waals surface area contributed by atoms with E-state index in [-0.39, 0.29) is 5.92 Å². The smallest absolute Gasteiger partial charge is 0.0443 e. The summed E-state index contributed by atoms with van der Waals surface area (Å²) in [5.41, 5.74) is 5.18. The number of benzene rings is 2. The van der Waals surface area contributed by atoms with Crippen LogP contribution in [-0.2, 0) is 12.8 Å². The van der Waals surface area contributed by atoms with Gasteiger partial charge in [0.05, 0.1) is 0 Å². The van der Waals surface area contributed by atoms with Crippen LogP contribution in [0.25, 0.3) is 0 Å². The van der Waals surface area contributed by atoms with Crippen molar-refractivity contribution in [3.63, 3.8) is 0 Å². The fourth-order valence-electron chi connectivity index (χ4n) is 3.12. The number of anilines is 2. The Bertz CT molecular complexity index is 650. The van der Waals surface area contributed by atoms with E-state index < -0.39 is 6.98 Å². The predicted molar refractivity (Wildman–Crippen MR) is 90.4 cm³/mol. The van der Waals surface area contributed by atoms with Crippen LogP contribution in [0.5, 0.6) is 0 Å². The molecule has 2 heteroatoms. The van der Waals surface area contributed by atoms with E-state index in [1.54, 1.807) is 0 Å². The van der Waals surface area contributed by atoms with Gasteiger partial charge in [0.25, 0.3) is 0 Å². The third kappa shape index (κ3) is 2.96. The van der Waals surface area contributed by atoms with E-state index in [2.05, 4.69) is 65.7 Å². The molecule has 0 radical (unpaired) electrons. The zero-order valence-electron chi connectivity index (χ0n) is 15.5. The fourth-order valence-corrected chi connectivity index (χ4v) is 3.12. The van der Waals surface area contributed by atoms with Crippen LogP contribution in [-0.4, -0.2) is 20.1 Å². The van der Waals surface area contributed by atoms with Crippen LogP contribution in [0, 0.1) is 5.92 Å². The lowest BCUT2D eigenvalue weighted by Crippen LogP contribution is -2.29. The van der Waals surface area contributed by atoms with Crippen molar-refractivity contribution in [2.45, 2.75) is 19.8 Å². The predicted octanol–water partition coefficient (Wildman–Crippen LogP) is 3.78. The van der Waals surface area contributed by atoms with Crippen molar-refractivity contribution >= 4 is 11.4 Å². The average Bonchev–Trinajstić information content (AvgIpc) is 2.71. The third-order valence-electron chi connectivity index (χ3n) is 4.17. The van der Waals surface area contributed by atoms with Crippen LogP contribution in [0.15, 0.2) is 48.5 Å². The molecule has 1 heterocycles. The number of nitrogens with one attached hydrogen (secondary N) is 1. The van der Waals surface area contributed by atoms with Gasteiger partial charge in [-0.3, -0.25) is 0 Å². The molecule has 1 unspecified atom stereocenters. The summed E-state index contributed by atoms with van der Waals surface area (Å²) in [4.78, 5) is 2.35. The summed E-state index contributed by atoms with van der Waals surface area (Å²) in [6.45, 7) is 1.27. The molecular formula is C19H24N2. The molecule has 1 N–H and O–H groups in total. The molecule has 2 aromatic carbocycles. The topological polar surface area (TPSA) is 15.3 Å². The zero-order valence-corrected chi connectivity index (χ0v) is 12.5. The van der Waals surface area contributed by atoms with Gasteiger partial charge in [-0.15, -0.1) is 0 Å². The number of hydrogen-bond acceptors (Lipinski definition) is 2. The Morgan fingerprint density at radius 3 is 2.19 bits per heavy atom. The highest BCUT2D eigenvalue weighted by molar-refractivity contribution is 5.71. The van der Waals surface area contributed by atoms with Gasteiger partial charge in [-0.2, -0.15) is 0 Å². The van der Waals surface area contributed by atoms with Gasteiger partial charge in [0.2, 0.25) is 0 Å². The van der Waals surface area contributed by atoms with Gasteiger partial charge in [-0.05, 0) is 55.5 Å². The lowest BCUT2D eigenvalue weighted by molar-refractivity contribution is 0.549. The average molecular weight is 284 g/mol. The van der Waals surface area contributed by atoms with Crippen molar-refractivity contribution in [3.05, 3.63) is 59.7 Å². The van der Waals surface area contributed by atoms with E-state index in [1.165, 1.54) is 22.5 Å². The van der Waals surface area contributed by atoms with Gasteiger partial charge in [0.1, 0.15) is 0 Å². The number of fused-ring (bicyclic) bond motifs is 2. The lowest BCUT2D eigenvalue weighted by atomic mass is 10.0. The number of hydrogen-bond donors (Lipinski definition) is 1. The van der Waals surface area contributed by atoms with Crippen LogP contribution in [0.4, 0.5) is 11.4 Å². The van der Waals surface area contributed by atoms with E-state index in [1.807, 2.05) is 0 Å². The highest BCUT2D eigenvalue weighted by Gasteiger charge is 2.21. The molecule has 0 bridgehead atoms. The summed E-state index contributed by atoms with van der Waals surface area (Å²) in [7, 11) is 0. The van der Waals surface area contributed by atoms with Crippen LogP contribution < -0.4 is 10.2 Å². The lowest BCUT2D eigenvalue weighted by Gasteiger charge is -2.29. The van der Waals surface area contributed by atoms with E-state index in [4.69, 9.17) is 4.11 Å². The molecule has 2 nitrogen and oxygen atoms in total. The minimum absolute atomic E-state index is 0.213. The molecule has 110 valence electrons. The van der Waals surface area contributed by atoms with E-state index in [0.29, 0.717) is 6.54 Å². The maximum Gasteiger partial charge on any atom is 0.0443 e. The first kappa shape index (κ1) is 10.9. The van der Waals surface area contributed by atoms with Gasteiger partial charge >= 0.3 is 0 Å². The van der Waals surface area contributed by atoms with Gasteiger partial charge in [0.15, 0.2) is 0 Å². The largest absolute Gasteiger partial charge is 0.341 e. The molecule has 0 saturated heterocycles. The Labute approximate surface area is 132 Å². The minimum atomic E-state index is -2.08. The molecule has 3 rings (SSSR count). The number of rotatable bonds is 4. The first-order chi connectivity index (χ1) is 11.4. The summed E-state index contributed by atoms with van der Waals surface area (Å²) >= 11 is 0. The molecule has 0 aliphatic carbocycles. The van der Waals surface area contributed by atoms with Gasteiger partial charge < -0.3 is 10.2 Å². The Kier molecular flexibility index (Phi) is 3.27. The molecule has 0 amide bonds. The molecule has 1 aliphatic heterocycles. The second-order valence-corrected chi connectivity index (χ2v) is 5.85. The minimum Gasteiger partial charge on any atom is -0.341 e. The summed E-state index contributed by atoms with van der Waals surface area (Å²) in [6.07, 6.45) is 2.07. The van der Waals surface area contributed by atoms with E-state index >= 15 is 0 Å². The second-order valence-electron chi connectivity index (χ2n) is 5.85. The first-order valence-corrected chi connectivity index (χ1v) is 7.62. The second kappa shape index (κ2) is 6.31. The van der Waals surface area contributed by atoms with E-state index in [9.17, 15) is 0 Å². The van der Waals surface area contributed by atoms with Crippen LogP contribution >= 0.6 is 0 Å². The molecule has 0 saturated carbocycles. The standard InChI is InChI=1S/C19H24N2/c1-15(13-20-2)14-21-18-9-5-3-7-16(18)11-12-17-8-4-6-10-19(17)21/h3-10,15,20H,11-14H2,1-2H3/i2+1D3. The molecule has 1 aliphatic rings. The van der Waals surface area contributed by atoms with Crippen molar-refractivity contribution in [1.82, 2.24) is 5.32 Å². The number of nitrogens with zero attached hydrogens (tertiary/aromatic N) is 1. The number of para-hydroxylation sites is 2. The van der Waals surface area contributed by atoms with Gasteiger partial charge in [-0.25, -0.2) is 0 Å². The van der Waals surface area contributed by atoms with Crippen molar-refractivity contribution in [2.75, 3.05) is 25.0 Å². The molecule has 21 heavy (non-hydrogen) atoms. The Balaban J connectivity index is 1.88. The molecule has 0 aromatic heterocycles. The summed E-state index contributed by atoms with van der Waals surface area (Å²) in [5.74, 6) is 0.213. The maximum atomic E-state index is 7.32. The van der Waals surface area contributed by atoms with E-state index in [0.717, 1.165) is 19.4 Å². The molecule has 1 atom stereocenters. The molecule has 0 fully saturated rings. The highest BCUT2D eigenvalue weighted by atomic mass is 15.1. The highest BCUT2D eigenvalue weighted by Crippen LogP contribution is 2.36. The number of aryl methyl sites for hydroxylation is 2. The van der Waals surface area contributed by atoms with Crippen LogP contribution in [0.1, 0.15) is 22.2 Å². The molecular weight excluding hydrogens is 257 g/mol. The van der Waals surface area contributed by atoms with Gasteiger partial charge in [0, 0.05) is 22.0 Å². The quantitative estimate of drug-likeness (QED) is 0.860. The third-order valence-corrected chi connectivity index (χ3v) is 4.17. The summed E-state index contributed by atoms with van der Waals surface area (Å²) in [5, 5.41) is 2.65. The van der Waals surface area contributed by atoms with Crippen molar-refractivity contribution in [1.29, 1.82) is 0 Å². The summed E-state index contributed by atoms with van der Waals surface area (Å²) in [6, 6.07) is 17.1. The maximum absolute atomic E-state index is 7.32. The van der Waals surface area contributed by atoms with Crippen molar-refractivity contribution in [2.24, 2.45) is 5.92 Å². The zero-order chi connectivity index (χ0) is 17.2. The van der Waals surface area contributed by atoms with Crippen LogP contribution in [0.2, 0.25) is 0 Å². The Morgan fingerprint density at radius 2 is 1.62 bits per heavy atom. The summed E-state index contributed by atoms with van der Waals surface area (Å²) < 4.78 is 22.0.